The molecule has 1 aromatic carbocycles. The van der Waals surface area contributed by atoms with Crippen molar-refractivity contribution in [2.75, 3.05) is 0 Å². The summed E-state index contributed by atoms with van der Waals surface area (Å²) in [6, 6.07) is 8.48. The molecule has 19 heavy (non-hydrogen) atoms. The van der Waals surface area contributed by atoms with Crippen LogP contribution in [0.2, 0.25) is 0 Å². The van der Waals surface area contributed by atoms with Crippen LogP contribution < -0.4 is 5.32 Å². The van der Waals surface area contributed by atoms with Gasteiger partial charge in [-0.3, -0.25) is 4.79 Å². The highest BCUT2D eigenvalue weighted by molar-refractivity contribution is 5.87. The highest BCUT2D eigenvalue weighted by Gasteiger charge is 2.51. The molecule has 1 aromatic rings. The molecule has 0 spiro atoms. The molecule has 2 N–H and O–H groups in total. The van der Waals surface area contributed by atoms with Crippen LogP contribution in [-0.2, 0) is 16.0 Å². The minimum absolute atomic E-state index is 0.0138. The van der Waals surface area contributed by atoms with Gasteiger partial charge in [-0.15, -0.1) is 0 Å². The summed E-state index contributed by atoms with van der Waals surface area (Å²) in [4.78, 5) is 23.2. The maximum Gasteiger partial charge on any atom is 0.326 e. The molecule has 4 heteroatoms. The lowest BCUT2D eigenvalue weighted by molar-refractivity contribution is -0.142. The lowest BCUT2D eigenvalue weighted by Gasteiger charge is -2.15. The number of hydrogen-bond acceptors (Lipinski definition) is 2. The molecule has 0 aliphatic heterocycles. The topological polar surface area (TPSA) is 66.4 Å². The zero-order valence-electron chi connectivity index (χ0n) is 11.2. The SMILES string of the molecule is CC1(C)C[C@@H]1C(=O)N[C@@H](Cc1ccccc1)C(=O)O. The van der Waals surface area contributed by atoms with E-state index < -0.39 is 12.0 Å². The predicted octanol–water partition coefficient (Wildman–Crippen LogP) is 1.84. The molecule has 4 nitrogen and oxygen atoms in total. The Morgan fingerprint density at radius 3 is 2.42 bits per heavy atom. The van der Waals surface area contributed by atoms with Crippen molar-refractivity contribution in [3.8, 4) is 0 Å². The minimum Gasteiger partial charge on any atom is -0.480 e. The Balaban J connectivity index is 1.98. The quantitative estimate of drug-likeness (QED) is 0.850. The third-order valence-corrected chi connectivity index (χ3v) is 3.73. The number of carboxylic acids is 1. The van der Waals surface area contributed by atoms with Crippen molar-refractivity contribution in [1.82, 2.24) is 5.32 Å². The van der Waals surface area contributed by atoms with E-state index >= 15 is 0 Å². The molecule has 0 radical (unpaired) electrons. The van der Waals surface area contributed by atoms with Gasteiger partial charge in [0.2, 0.25) is 5.91 Å². The van der Waals surface area contributed by atoms with Gasteiger partial charge in [0.1, 0.15) is 6.04 Å². The van der Waals surface area contributed by atoms with Crippen LogP contribution in [0.15, 0.2) is 30.3 Å². The largest absolute Gasteiger partial charge is 0.480 e. The average Bonchev–Trinajstić information content (AvgIpc) is 2.99. The van der Waals surface area contributed by atoms with Crippen LogP contribution in [0.3, 0.4) is 0 Å². The number of hydrogen-bond donors (Lipinski definition) is 2. The molecule has 1 saturated carbocycles. The van der Waals surface area contributed by atoms with Gasteiger partial charge in [0.25, 0.3) is 0 Å². The number of benzene rings is 1. The number of amides is 1. The second-order valence-electron chi connectivity index (χ2n) is 5.83. The molecular weight excluding hydrogens is 242 g/mol. The minimum atomic E-state index is -0.990. The van der Waals surface area contributed by atoms with Gasteiger partial charge in [0, 0.05) is 12.3 Å². The Kier molecular flexibility index (Phi) is 3.60. The molecule has 102 valence electrons. The van der Waals surface area contributed by atoms with E-state index in [2.05, 4.69) is 5.32 Å². The van der Waals surface area contributed by atoms with Crippen molar-refractivity contribution in [3.63, 3.8) is 0 Å². The van der Waals surface area contributed by atoms with Crippen molar-refractivity contribution in [3.05, 3.63) is 35.9 Å². The second-order valence-corrected chi connectivity index (χ2v) is 5.83. The van der Waals surface area contributed by atoms with Gasteiger partial charge >= 0.3 is 5.97 Å². The molecule has 0 aromatic heterocycles. The molecule has 1 fully saturated rings. The normalized spacial score (nSPS) is 21.5. The third-order valence-electron chi connectivity index (χ3n) is 3.73. The summed E-state index contributed by atoms with van der Waals surface area (Å²) in [6.07, 6.45) is 1.14. The Labute approximate surface area is 112 Å². The van der Waals surface area contributed by atoms with E-state index in [0.29, 0.717) is 6.42 Å². The van der Waals surface area contributed by atoms with Gasteiger partial charge in [0.15, 0.2) is 0 Å². The van der Waals surface area contributed by atoms with E-state index in [1.165, 1.54) is 0 Å². The molecule has 2 atom stereocenters. The van der Waals surface area contributed by atoms with Crippen LogP contribution >= 0.6 is 0 Å². The summed E-state index contributed by atoms with van der Waals surface area (Å²) in [5.74, 6) is -1.19. The van der Waals surface area contributed by atoms with Crippen molar-refractivity contribution >= 4 is 11.9 Å². The first kappa shape index (κ1) is 13.6. The number of carbonyl (C=O) groups excluding carboxylic acids is 1. The molecule has 0 saturated heterocycles. The highest BCUT2D eigenvalue weighted by atomic mass is 16.4. The van der Waals surface area contributed by atoms with Crippen molar-refractivity contribution in [2.45, 2.75) is 32.7 Å². The fraction of sp³-hybridized carbons (Fsp3) is 0.467. The van der Waals surface area contributed by atoms with E-state index in [1.807, 2.05) is 44.2 Å². The number of rotatable bonds is 5. The number of aliphatic carboxylic acids is 1. The maximum atomic E-state index is 12.0. The summed E-state index contributed by atoms with van der Waals surface area (Å²) in [5.41, 5.74) is 0.921. The first-order valence-electron chi connectivity index (χ1n) is 6.47. The van der Waals surface area contributed by atoms with Crippen molar-refractivity contribution in [1.29, 1.82) is 0 Å². The van der Waals surface area contributed by atoms with Crippen LogP contribution in [0.5, 0.6) is 0 Å². The van der Waals surface area contributed by atoms with Crippen LogP contribution in [0.25, 0.3) is 0 Å². The zero-order valence-corrected chi connectivity index (χ0v) is 11.2. The third kappa shape index (κ3) is 3.34. The molecular formula is C15H19NO3. The van der Waals surface area contributed by atoms with Crippen molar-refractivity contribution in [2.24, 2.45) is 11.3 Å². The van der Waals surface area contributed by atoms with Gasteiger partial charge < -0.3 is 10.4 Å². The predicted molar refractivity (Wildman–Crippen MR) is 71.6 cm³/mol. The summed E-state index contributed by atoms with van der Waals surface area (Å²) in [5, 5.41) is 11.8. The number of nitrogens with one attached hydrogen (secondary N) is 1. The van der Waals surface area contributed by atoms with E-state index in [9.17, 15) is 14.7 Å². The van der Waals surface area contributed by atoms with Crippen LogP contribution in [-0.4, -0.2) is 23.0 Å². The standard InChI is InChI=1S/C15H19NO3/c1-15(2)9-11(15)13(17)16-12(14(18)19)8-10-6-4-3-5-7-10/h3-7,11-12H,8-9H2,1-2H3,(H,16,17)(H,18,19)/t11-,12+/m1/s1. The maximum absolute atomic E-state index is 12.0. The fourth-order valence-corrected chi connectivity index (χ4v) is 2.24. The van der Waals surface area contributed by atoms with Gasteiger partial charge in [-0.25, -0.2) is 4.79 Å². The van der Waals surface area contributed by atoms with E-state index in [1.54, 1.807) is 0 Å². The Bertz CT molecular complexity index is 481. The van der Waals surface area contributed by atoms with Crippen LogP contribution in [0.4, 0.5) is 0 Å². The zero-order chi connectivity index (χ0) is 14.0. The van der Waals surface area contributed by atoms with Crippen LogP contribution in [0.1, 0.15) is 25.8 Å². The first-order chi connectivity index (χ1) is 8.90. The highest BCUT2D eigenvalue weighted by Crippen LogP contribution is 2.51. The summed E-state index contributed by atoms with van der Waals surface area (Å²) < 4.78 is 0. The van der Waals surface area contributed by atoms with E-state index in [4.69, 9.17) is 0 Å². The average molecular weight is 261 g/mol. The molecule has 1 aliphatic rings. The Morgan fingerprint density at radius 1 is 1.37 bits per heavy atom. The van der Waals surface area contributed by atoms with Gasteiger partial charge in [0.05, 0.1) is 0 Å². The molecule has 2 rings (SSSR count). The van der Waals surface area contributed by atoms with E-state index in [0.717, 1.165) is 12.0 Å². The molecule has 1 amide bonds. The van der Waals surface area contributed by atoms with Gasteiger partial charge in [-0.2, -0.15) is 0 Å². The summed E-state index contributed by atoms with van der Waals surface area (Å²) >= 11 is 0. The molecule has 0 bridgehead atoms. The molecule has 0 heterocycles. The molecule has 0 unspecified atom stereocenters. The van der Waals surface area contributed by atoms with Crippen LogP contribution in [0, 0.1) is 11.3 Å². The second kappa shape index (κ2) is 5.03. The Morgan fingerprint density at radius 2 is 1.95 bits per heavy atom. The number of carbonyl (C=O) groups is 2. The molecule has 1 aliphatic carbocycles. The van der Waals surface area contributed by atoms with Crippen molar-refractivity contribution < 1.29 is 14.7 Å². The number of carboxylic acid groups (broad SMARTS) is 1. The van der Waals surface area contributed by atoms with Gasteiger partial charge in [-0.1, -0.05) is 44.2 Å². The monoisotopic (exact) mass is 261 g/mol. The first-order valence-corrected chi connectivity index (χ1v) is 6.47. The summed E-state index contributed by atoms with van der Waals surface area (Å²) in [7, 11) is 0. The lowest BCUT2D eigenvalue weighted by atomic mass is 10.0. The fourth-order valence-electron chi connectivity index (χ4n) is 2.24. The van der Waals surface area contributed by atoms with Gasteiger partial charge in [-0.05, 0) is 17.4 Å². The smallest absolute Gasteiger partial charge is 0.326 e. The Hall–Kier alpha value is -1.84. The summed E-state index contributed by atoms with van der Waals surface area (Å²) in [6.45, 7) is 4.04. The van der Waals surface area contributed by atoms with E-state index in [-0.39, 0.29) is 17.2 Å². The lowest BCUT2D eigenvalue weighted by Crippen LogP contribution is -2.43.